The Morgan fingerprint density at radius 3 is 2.55 bits per heavy atom. The first-order valence-corrected chi connectivity index (χ1v) is 9.36. The second-order valence-electron chi connectivity index (χ2n) is 5.44. The van der Waals surface area contributed by atoms with E-state index in [2.05, 4.69) is 0 Å². The minimum Gasteiger partial charge on any atom is -0.494 e. The molecule has 0 unspecified atom stereocenters. The summed E-state index contributed by atoms with van der Waals surface area (Å²) in [7, 11) is -3.58. The molecule has 22 heavy (non-hydrogen) atoms. The van der Waals surface area contributed by atoms with E-state index in [1.807, 2.05) is 20.8 Å². The number of sulfonamides is 1. The lowest BCUT2D eigenvalue weighted by atomic mass is 10.1. The number of hydrogen-bond acceptors (Lipinski definition) is 4. The summed E-state index contributed by atoms with van der Waals surface area (Å²) in [5.74, 6) is 0.943. The third-order valence-electron chi connectivity index (χ3n) is 3.85. The average Bonchev–Trinajstić information content (AvgIpc) is 2.49. The number of piperidine rings is 1. The molecule has 1 aliphatic heterocycles. The van der Waals surface area contributed by atoms with Crippen molar-refractivity contribution in [1.82, 2.24) is 4.31 Å². The van der Waals surface area contributed by atoms with Gasteiger partial charge in [0, 0.05) is 18.7 Å². The van der Waals surface area contributed by atoms with Crippen molar-refractivity contribution < 1.29 is 17.9 Å². The monoisotopic (exact) mass is 327 g/mol. The Balaban J connectivity index is 2.44. The summed E-state index contributed by atoms with van der Waals surface area (Å²) in [6.07, 6.45) is 2.87. The largest absolute Gasteiger partial charge is 0.494 e. The SMILES string of the molecule is CCOc1ccc(OCC)c(S(=O)(=O)N2CCCC[C@@H]2C)c1. The highest BCUT2D eigenvalue weighted by molar-refractivity contribution is 7.89. The van der Waals surface area contributed by atoms with Crippen molar-refractivity contribution in [2.45, 2.75) is 51.0 Å². The van der Waals surface area contributed by atoms with E-state index in [1.165, 1.54) is 0 Å². The predicted molar refractivity (Wildman–Crippen MR) is 86.0 cm³/mol. The molecule has 0 saturated carbocycles. The predicted octanol–water partition coefficient (Wildman–Crippen LogP) is 3.05. The van der Waals surface area contributed by atoms with E-state index in [4.69, 9.17) is 9.47 Å². The Labute approximate surface area is 133 Å². The van der Waals surface area contributed by atoms with Crippen LogP contribution in [0.25, 0.3) is 0 Å². The molecule has 0 amide bonds. The zero-order chi connectivity index (χ0) is 16.2. The van der Waals surface area contributed by atoms with Crippen molar-refractivity contribution in [2.24, 2.45) is 0 Å². The molecule has 5 nitrogen and oxygen atoms in total. The molecule has 124 valence electrons. The molecule has 2 rings (SSSR count). The van der Waals surface area contributed by atoms with Gasteiger partial charge in [0.25, 0.3) is 0 Å². The quantitative estimate of drug-likeness (QED) is 0.806. The summed E-state index contributed by atoms with van der Waals surface area (Å²) in [5, 5.41) is 0. The average molecular weight is 327 g/mol. The highest BCUT2D eigenvalue weighted by atomic mass is 32.2. The highest BCUT2D eigenvalue weighted by Crippen LogP contribution is 2.33. The Morgan fingerprint density at radius 2 is 1.91 bits per heavy atom. The summed E-state index contributed by atoms with van der Waals surface area (Å²) in [6.45, 7) is 7.16. The van der Waals surface area contributed by atoms with Gasteiger partial charge in [-0.1, -0.05) is 6.42 Å². The van der Waals surface area contributed by atoms with Crippen LogP contribution in [-0.2, 0) is 10.0 Å². The smallest absolute Gasteiger partial charge is 0.247 e. The van der Waals surface area contributed by atoms with E-state index in [1.54, 1.807) is 22.5 Å². The maximum absolute atomic E-state index is 13.0. The lowest BCUT2D eigenvalue weighted by molar-refractivity contribution is 0.266. The molecule has 6 heteroatoms. The highest BCUT2D eigenvalue weighted by Gasteiger charge is 2.33. The fraction of sp³-hybridized carbons (Fsp3) is 0.625. The van der Waals surface area contributed by atoms with Crippen LogP contribution in [0.1, 0.15) is 40.0 Å². The minimum absolute atomic E-state index is 0.0176. The van der Waals surface area contributed by atoms with Crippen LogP contribution in [-0.4, -0.2) is 38.5 Å². The fourth-order valence-corrected chi connectivity index (χ4v) is 4.62. The normalized spacial score (nSPS) is 19.9. The van der Waals surface area contributed by atoms with Gasteiger partial charge in [-0.05, 0) is 45.7 Å². The molecule has 1 aliphatic rings. The second kappa shape index (κ2) is 7.33. The summed E-state index contributed by atoms with van der Waals surface area (Å²) >= 11 is 0. The van der Waals surface area contributed by atoms with Crippen LogP contribution in [0.15, 0.2) is 23.1 Å². The minimum atomic E-state index is -3.58. The molecule has 1 heterocycles. The third-order valence-corrected chi connectivity index (χ3v) is 5.89. The first kappa shape index (κ1) is 17.1. The van der Waals surface area contributed by atoms with Gasteiger partial charge in [-0.3, -0.25) is 0 Å². The number of nitrogens with zero attached hydrogens (tertiary/aromatic N) is 1. The van der Waals surface area contributed by atoms with Gasteiger partial charge in [0.05, 0.1) is 13.2 Å². The summed E-state index contributed by atoms with van der Waals surface area (Å²) in [4.78, 5) is 0.203. The van der Waals surface area contributed by atoms with Gasteiger partial charge in [0.1, 0.15) is 16.4 Å². The molecule has 1 aromatic carbocycles. The van der Waals surface area contributed by atoms with Gasteiger partial charge in [0.2, 0.25) is 10.0 Å². The number of benzene rings is 1. The van der Waals surface area contributed by atoms with Crippen LogP contribution in [0.5, 0.6) is 11.5 Å². The van der Waals surface area contributed by atoms with E-state index in [0.717, 1.165) is 19.3 Å². The lowest BCUT2D eigenvalue weighted by Crippen LogP contribution is -2.42. The lowest BCUT2D eigenvalue weighted by Gasteiger charge is -2.32. The van der Waals surface area contributed by atoms with Crippen LogP contribution in [0.2, 0.25) is 0 Å². The van der Waals surface area contributed by atoms with E-state index in [9.17, 15) is 8.42 Å². The molecule has 1 saturated heterocycles. The van der Waals surface area contributed by atoms with Crippen LogP contribution in [0.4, 0.5) is 0 Å². The van der Waals surface area contributed by atoms with Crippen molar-refractivity contribution in [3.63, 3.8) is 0 Å². The molecule has 0 radical (unpaired) electrons. The molecular formula is C16H25NO4S. The maximum atomic E-state index is 13.0. The van der Waals surface area contributed by atoms with Crippen molar-refractivity contribution >= 4 is 10.0 Å². The zero-order valence-electron chi connectivity index (χ0n) is 13.5. The summed E-state index contributed by atoms with van der Waals surface area (Å²) in [5.41, 5.74) is 0. The van der Waals surface area contributed by atoms with Gasteiger partial charge in [0.15, 0.2) is 0 Å². The first-order valence-electron chi connectivity index (χ1n) is 7.92. The molecule has 1 aromatic rings. The molecule has 1 atom stereocenters. The molecule has 1 fully saturated rings. The van der Waals surface area contributed by atoms with Crippen LogP contribution in [0.3, 0.4) is 0 Å². The Hall–Kier alpha value is -1.27. The van der Waals surface area contributed by atoms with Gasteiger partial charge in [-0.15, -0.1) is 0 Å². The van der Waals surface area contributed by atoms with E-state index < -0.39 is 10.0 Å². The Bertz CT molecular complexity index is 600. The topological polar surface area (TPSA) is 55.8 Å². The third kappa shape index (κ3) is 3.55. The van der Waals surface area contributed by atoms with Gasteiger partial charge in [-0.25, -0.2) is 8.42 Å². The molecule has 0 bridgehead atoms. The van der Waals surface area contributed by atoms with E-state index in [-0.39, 0.29) is 10.9 Å². The number of rotatable bonds is 6. The molecule has 0 spiro atoms. The Morgan fingerprint density at radius 1 is 1.18 bits per heavy atom. The maximum Gasteiger partial charge on any atom is 0.247 e. The number of hydrogen-bond donors (Lipinski definition) is 0. The van der Waals surface area contributed by atoms with Gasteiger partial charge < -0.3 is 9.47 Å². The molecule has 0 N–H and O–H groups in total. The van der Waals surface area contributed by atoms with Crippen molar-refractivity contribution in [1.29, 1.82) is 0 Å². The van der Waals surface area contributed by atoms with Crippen LogP contribution in [0, 0.1) is 0 Å². The molecule has 0 aliphatic carbocycles. The first-order chi connectivity index (χ1) is 10.5. The van der Waals surface area contributed by atoms with Crippen LogP contribution < -0.4 is 9.47 Å². The van der Waals surface area contributed by atoms with Crippen molar-refractivity contribution in [3.05, 3.63) is 18.2 Å². The standard InChI is InChI=1S/C16H25NO4S/c1-4-20-14-9-10-15(21-5-2)16(12-14)22(18,19)17-11-7-6-8-13(17)3/h9-10,12-13H,4-8,11H2,1-3H3/t13-/m0/s1. The van der Waals surface area contributed by atoms with Gasteiger partial charge >= 0.3 is 0 Å². The van der Waals surface area contributed by atoms with Crippen molar-refractivity contribution in [2.75, 3.05) is 19.8 Å². The zero-order valence-corrected chi connectivity index (χ0v) is 14.4. The van der Waals surface area contributed by atoms with Gasteiger partial charge in [-0.2, -0.15) is 4.31 Å². The summed E-state index contributed by atoms with van der Waals surface area (Å²) < 4.78 is 38.6. The van der Waals surface area contributed by atoms with Crippen LogP contribution >= 0.6 is 0 Å². The number of ether oxygens (including phenoxy) is 2. The molecule has 0 aromatic heterocycles. The van der Waals surface area contributed by atoms with Crippen molar-refractivity contribution in [3.8, 4) is 11.5 Å². The second-order valence-corrected chi connectivity index (χ2v) is 7.29. The Kier molecular flexibility index (Phi) is 5.69. The molecular weight excluding hydrogens is 302 g/mol. The van der Waals surface area contributed by atoms with E-state index >= 15 is 0 Å². The van der Waals surface area contributed by atoms with E-state index in [0.29, 0.717) is 31.3 Å². The fourth-order valence-electron chi connectivity index (χ4n) is 2.78. The summed E-state index contributed by atoms with van der Waals surface area (Å²) in [6, 6.07) is 5.01.